The molecule has 1 fully saturated rings. The van der Waals surface area contributed by atoms with Gasteiger partial charge in [0.15, 0.2) is 0 Å². The number of carboxylic acids is 1. The van der Waals surface area contributed by atoms with Crippen molar-refractivity contribution in [2.75, 3.05) is 13.2 Å². The molecule has 0 spiro atoms. The van der Waals surface area contributed by atoms with Gasteiger partial charge in [-0.2, -0.15) is 0 Å². The summed E-state index contributed by atoms with van der Waals surface area (Å²) in [5.74, 6) is -1.10. The van der Waals surface area contributed by atoms with E-state index in [1.54, 1.807) is 18.7 Å². The van der Waals surface area contributed by atoms with Gasteiger partial charge in [0.25, 0.3) is 0 Å². The zero-order valence-electron chi connectivity index (χ0n) is 10.1. The molecule has 0 saturated carbocycles. The molecule has 0 radical (unpaired) electrons. The monoisotopic (exact) mass is 330 g/mol. The van der Waals surface area contributed by atoms with Crippen LogP contribution >= 0.6 is 27.7 Å². The fraction of sp³-hybridized carbons (Fsp3) is 0.462. The fourth-order valence-electron chi connectivity index (χ4n) is 1.67. The third kappa shape index (κ3) is 3.49. The van der Waals surface area contributed by atoms with Crippen LogP contribution in [0, 0.1) is 5.92 Å². The molecule has 5 heteroatoms. The van der Waals surface area contributed by atoms with Gasteiger partial charge in [0.2, 0.25) is 0 Å². The Morgan fingerprint density at radius 1 is 1.61 bits per heavy atom. The molecule has 1 aliphatic rings. The van der Waals surface area contributed by atoms with E-state index < -0.39 is 5.97 Å². The van der Waals surface area contributed by atoms with Crippen molar-refractivity contribution in [2.45, 2.75) is 23.5 Å². The minimum Gasteiger partial charge on any atom is -0.481 e. The van der Waals surface area contributed by atoms with Gasteiger partial charge in [0.1, 0.15) is 0 Å². The van der Waals surface area contributed by atoms with Crippen LogP contribution in [0.15, 0.2) is 27.6 Å². The smallest absolute Gasteiger partial charge is 0.306 e. The molecule has 18 heavy (non-hydrogen) atoms. The molecule has 1 aromatic rings. The average molecular weight is 331 g/mol. The molecule has 1 atom stereocenters. The van der Waals surface area contributed by atoms with Crippen LogP contribution in [-0.4, -0.2) is 29.5 Å². The van der Waals surface area contributed by atoms with Gasteiger partial charge in [-0.1, -0.05) is 13.0 Å². The van der Waals surface area contributed by atoms with Crippen LogP contribution in [0.2, 0.25) is 0 Å². The zero-order chi connectivity index (χ0) is 13.1. The molecule has 1 aromatic carbocycles. The number of hydrogen-bond donors (Lipinski definition) is 1. The first-order chi connectivity index (χ1) is 8.56. The molecule has 0 bridgehead atoms. The first-order valence-corrected chi connectivity index (χ1v) is 7.49. The quantitative estimate of drug-likeness (QED) is 0.900. The van der Waals surface area contributed by atoms with Gasteiger partial charge in [-0.15, -0.1) is 11.8 Å². The lowest BCUT2D eigenvalue weighted by atomic mass is 10.0. The van der Waals surface area contributed by atoms with Crippen molar-refractivity contribution >= 4 is 33.7 Å². The second-order valence-corrected chi connectivity index (χ2v) is 6.68. The molecular formula is C13H15BrO3S. The largest absolute Gasteiger partial charge is 0.481 e. The van der Waals surface area contributed by atoms with Gasteiger partial charge in [-0.05, 0) is 40.0 Å². The lowest BCUT2D eigenvalue weighted by molar-refractivity contribution is -0.141. The maximum atomic E-state index is 10.8. The number of benzene rings is 1. The highest BCUT2D eigenvalue weighted by Gasteiger charge is 2.20. The number of hydrogen-bond acceptors (Lipinski definition) is 3. The standard InChI is InChI=1S/C13H15BrO3S/c1-8(13(15)16)4-9-2-3-12(11(14)5-9)18-10-6-17-7-10/h2-3,5,8,10H,4,6-7H2,1H3,(H,15,16). The molecule has 0 aromatic heterocycles. The Balaban J connectivity index is 2.01. The van der Waals surface area contributed by atoms with Crippen LogP contribution < -0.4 is 0 Å². The van der Waals surface area contributed by atoms with Gasteiger partial charge >= 0.3 is 5.97 Å². The SMILES string of the molecule is CC(Cc1ccc(SC2COC2)c(Br)c1)C(=O)O. The lowest BCUT2D eigenvalue weighted by Crippen LogP contribution is -2.30. The summed E-state index contributed by atoms with van der Waals surface area (Å²) in [5.41, 5.74) is 1.05. The van der Waals surface area contributed by atoms with Crippen LogP contribution in [0.1, 0.15) is 12.5 Å². The molecule has 2 rings (SSSR count). The molecule has 1 N–H and O–H groups in total. The fourth-order valence-corrected chi connectivity index (χ4v) is 3.38. The van der Waals surface area contributed by atoms with Crippen molar-refractivity contribution in [3.63, 3.8) is 0 Å². The Morgan fingerprint density at radius 3 is 2.83 bits per heavy atom. The van der Waals surface area contributed by atoms with Crippen LogP contribution in [0.25, 0.3) is 0 Å². The third-order valence-corrected chi connectivity index (χ3v) is 4.99. The van der Waals surface area contributed by atoms with E-state index in [-0.39, 0.29) is 5.92 Å². The number of halogens is 1. The summed E-state index contributed by atoms with van der Waals surface area (Å²) in [6.45, 7) is 3.36. The van der Waals surface area contributed by atoms with Gasteiger partial charge in [-0.25, -0.2) is 0 Å². The van der Waals surface area contributed by atoms with Crippen molar-refractivity contribution in [1.82, 2.24) is 0 Å². The first kappa shape index (κ1) is 13.9. The lowest BCUT2D eigenvalue weighted by Gasteiger charge is -2.25. The summed E-state index contributed by atoms with van der Waals surface area (Å²) in [6.07, 6.45) is 0.561. The second-order valence-electron chi connectivity index (χ2n) is 4.49. The Bertz CT molecular complexity index is 446. The van der Waals surface area contributed by atoms with Crippen molar-refractivity contribution in [3.05, 3.63) is 28.2 Å². The van der Waals surface area contributed by atoms with Gasteiger partial charge in [-0.3, -0.25) is 4.79 Å². The predicted octanol–water partition coefficient (Wildman–Crippen LogP) is 3.20. The maximum Gasteiger partial charge on any atom is 0.306 e. The number of aliphatic carboxylic acids is 1. The van der Waals surface area contributed by atoms with Crippen LogP contribution in [0.4, 0.5) is 0 Å². The van der Waals surface area contributed by atoms with Crippen molar-refractivity contribution in [3.8, 4) is 0 Å². The third-order valence-electron chi connectivity index (χ3n) is 2.86. The van der Waals surface area contributed by atoms with Crippen molar-refractivity contribution < 1.29 is 14.6 Å². The van der Waals surface area contributed by atoms with E-state index in [2.05, 4.69) is 22.0 Å². The molecular weight excluding hydrogens is 316 g/mol. The van der Waals surface area contributed by atoms with E-state index in [0.717, 1.165) is 23.2 Å². The van der Waals surface area contributed by atoms with Crippen LogP contribution in [0.3, 0.4) is 0 Å². The Morgan fingerprint density at radius 2 is 2.33 bits per heavy atom. The van der Waals surface area contributed by atoms with E-state index in [1.165, 1.54) is 4.90 Å². The highest BCUT2D eigenvalue weighted by molar-refractivity contribution is 9.10. The molecule has 0 aliphatic carbocycles. The highest BCUT2D eigenvalue weighted by Crippen LogP contribution is 2.34. The summed E-state index contributed by atoms with van der Waals surface area (Å²) in [6, 6.07) is 6.07. The van der Waals surface area contributed by atoms with E-state index in [0.29, 0.717) is 11.7 Å². The first-order valence-electron chi connectivity index (χ1n) is 5.82. The number of thioether (sulfide) groups is 1. The molecule has 0 amide bonds. The molecule has 1 saturated heterocycles. The summed E-state index contributed by atoms with van der Waals surface area (Å²) < 4.78 is 6.18. The average Bonchev–Trinajstić information content (AvgIpc) is 2.25. The van der Waals surface area contributed by atoms with Gasteiger partial charge in [0.05, 0.1) is 24.4 Å². The minimum absolute atomic E-state index is 0.351. The molecule has 1 unspecified atom stereocenters. The Hall–Kier alpha value is -0.520. The maximum absolute atomic E-state index is 10.8. The zero-order valence-corrected chi connectivity index (χ0v) is 12.5. The normalized spacial score (nSPS) is 17.2. The van der Waals surface area contributed by atoms with Crippen LogP contribution in [0.5, 0.6) is 0 Å². The van der Waals surface area contributed by atoms with E-state index >= 15 is 0 Å². The van der Waals surface area contributed by atoms with E-state index in [1.807, 2.05) is 12.1 Å². The molecule has 1 aliphatic heterocycles. The Kier molecular flexibility index (Phi) is 4.70. The highest BCUT2D eigenvalue weighted by atomic mass is 79.9. The molecule has 98 valence electrons. The van der Waals surface area contributed by atoms with Crippen LogP contribution in [-0.2, 0) is 16.0 Å². The van der Waals surface area contributed by atoms with Gasteiger partial charge in [0, 0.05) is 9.37 Å². The van der Waals surface area contributed by atoms with Crippen molar-refractivity contribution in [1.29, 1.82) is 0 Å². The Labute approximate surface area is 119 Å². The number of ether oxygens (including phenoxy) is 1. The number of rotatable bonds is 5. The summed E-state index contributed by atoms with van der Waals surface area (Å²) in [7, 11) is 0. The minimum atomic E-state index is -0.754. The molecule has 3 nitrogen and oxygen atoms in total. The summed E-state index contributed by atoms with van der Waals surface area (Å²) in [4.78, 5) is 12.0. The topological polar surface area (TPSA) is 46.5 Å². The van der Waals surface area contributed by atoms with E-state index in [4.69, 9.17) is 9.84 Å². The molecule has 1 heterocycles. The summed E-state index contributed by atoms with van der Waals surface area (Å²) >= 11 is 5.35. The second kappa shape index (κ2) is 6.08. The van der Waals surface area contributed by atoms with Gasteiger partial charge < -0.3 is 9.84 Å². The number of carbonyl (C=O) groups is 1. The summed E-state index contributed by atoms with van der Waals surface area (Å²) in [5, 5.41) is 9.44. The van der Waals surface area contributed by atoms with Crippen molar-refractivity contribution in [2.24, 2.45) is 5.92 Å². The van der Waals surface area contributed by atoms with E-state index in [9.17, 15) is 4.79 Å². The number of carboxylic acid groups (broad SMARTS) is 1. The predicted molar refractivity (Wildman–Crippen MR) is 75.1 cm³/mol.